The van der Waals surface area contributed by atoms with Crippen molar-refractivity contribution in [2.45, 2.75) is 13.0 Å². The SMILES string of the molecule is CCOC(=O)C1OC(=O)C(O)=C1c1ccc([N+](=O)[O-])cc1. The molecule has 0 saturated heterocycles. The lowest BCUT2D eigenvalue weighted by Gasteiger charge is -2.12. The molecule has 110 valence electrons. The van der Waals surface area contributed by atoms with E-state index in [2.05, 4.69) is 0 Å². The Kier molecular flexibility index (Phi) is 3.88. The molecule has 0 aromatic heterocycles. The predicted octanol–water partition coefficient (Wildman–Crippen LogP) is 1.35. The van der Waals surface area contributed by atoms with Crippen molar-refractivity contribution < 1.29 is 29.1 Å². The second-order valence-corrected chi connectivity index (χ2v) is 4.10. The van der Waals surface area contributed by atoms with Crippen LogP contribution in [0.4, 0.5) is 5.69 Å². The summed E-state index contributed by atoms with van der Waals surface area (Å²) in [4.78, 5) is 33.2. The number of ether oxygens (including phenoxy) is 2. The van der Waals surface area contributed by atoms with E-state index in [1.807, 2.05) is 0 Å². The molecule has 1 N–H and O–H groups in total. The van der Waals surface area contributed by atoms with Crippen LogP contribution >= 0.6 is 0 Å². The van der Waals surface area contributed by atoms with Gasteiger partial charge in [0.25, 0.3) is 5.69 Å². The van der Waals surface area contributed by atoms with E-state index in [0.29, 0.717) is 0 Å². The van der Waals surface area contributed by atoms with Crippen molar-refractivity contribution in [3.05, 3.63) is 45.7 Å². The zero-order valence-electron chi connectivity index (χ0n) is 10.9. The monoisotopic (exact) mass is 293 g/mol. The van der Waals surface area contributed by atoms with E-state index in [9.17, 15) is 24.8 Å². The van der Waals surface area contributed by atoms with Gasteiger partial charge in [-0.15, -0.1) is 0 Å². The fourth-order valence-corrected chi connectivity index (χ4v) is 1.89. The Balaban J connectivity index is 2.39. The molecule has 1 atom stereocenters. The summed E-state index contributed by atoms with van der Waals surface area (Å²) in [5.74, 6) is -2.56. The van der Waals surface area contributed by atoms with Crippen molar-refractivity contribution in [3.8, 4) is 0 Å². The minimum Gasteiger partial charge on any atom is -0.502 e. The number of nitro benzene ring substituents is 1. The Labute approximate surface area is 118 Å². The zero-order valence-corrected chi connectivity index (χ0v) is 10.9. The quantitative estimate of drug-likeness (QED) is 0.506. The lowest BCUT2D eigenvalue weighted by atomic mass is 10.0. The average molecular weight is 293 g/mol. The second kappa shape index (κ2) is 5.61. The topological polar surface area (TPSA) is 116 Å². The number of carbonyl (C=O) groups excluding carboxylic acids is 2. The maximum Gasteiger partial charge on any atom is 0.375 e. The molecule has 1 aromatic rings. The molecule has 0 bridgehead atoms. The predicted molar refractivity (Wildman–Crippen MR) is 69.2 cm³/mol. The number of carbonyl (C=O) groups is 2. The van der Waals surface area contributed by atoms with Gasteiger partial charge >= 0.3 is 11.9 Å². The first-order chi connectivity index (χ1) is 9.95. The van der Waals surface area contributed by atoms with Gasteiger partial charge in [-0.25, -0.2) is 9.59 Å². The van der Waals surface area contributed by atoms with Crippen molar-refractivity contribution in [1.29, 1.82) is 0 Å². The first-order valence-corrected chi connectivity index (χ1v) is 6.01. The number of aliphatic hydroxyl groups excluding tert-OH is 1. The van der Waals surface area contributed by atoms with E-state index >= 15 is 0 Å². The van der Waals surface area contributed by atoms with Gasteiger partial charge in [-0.1, -0.05) is 0 Å². The van der Waals surface area contributed by atoms with Crippen LogP contribution in [0.5, 0.6) is 0 Å². The van der Waals surface area contributed by atoms with Gasteiger partial charge in [-0.05, 0) is 24.6 Å². The smallest absolute Gasteiger partial charge is 0.375 e. The molecule has 0 radical (unpaired) electrons. The molecule has 0 spiro atoms. The standard InChI is InChI=1S/C13H11NO7/c1-2-20-13(17)11-9(10(15)12(16)21-11)7-3-5-8(6-4-7)14(18)19/h3-6,11,15H,2H2,1H3. The molecule has 0 aliphatic carbocycles. The highest BCUT2D eigenvalue weighted by Crippen LogP contribution is 2.32. The summed E-state index contributed by atoms with van der Waals surface area (Å²) in [5.41, 5.74) is 0.0483. The summed E-state index contributed by atoms with van der Waals surface area (Å²) in [6.07, 6.45) is -1.38. The number of nitrogens with zero attached hydrogens (tertiary/aromatic N) is 1. The van der Waals surface area contributed by atoms with Crippen LogP contribution in [0.3, 0.4) is 0 Å². The first-order valence-electron chi connectivity index (χ1n) is 6.01. The number of aliphatic hydroxyl groups is 1. The minimum absolute atomic E-state index is 0.0617. The number of benzene rings is 1. The summed E-state index contributed by atoms with van der Waals surface area (Å²) < 4.78 is 9.53. The van der Waals surface area contributed by atoms with E-state index in [1.165, 1.54) is 24.3 Å². The molecule has 1 heterocycles. The van der Waals surface area contributed by atoms with Gasteiger partial charge in [0.1, 0.15) is 0 Å². The fourth-order valence-electron chi connectivity index (χ4n) is 1.89. The molecular formula is C13H11NO7. The van der Waals surface area contributed by atoms with E-state index in [4.69, 9.17) is 9.47 Å². The van der Waals surface area contributed by atoms with Gasteiger partial charge in [-0.2, -0.15) is 0 Å². The van der Waals surface area contributed by atoms with Crippen LogP contribution in [0.25, 0.3) is 5.57 Å². The summed E-state index contributed by atoms with van der Waals surface area (Å²) >= 11 is 0. The number of hydrogen-bond acceptors (Lipinski definition) is 7. The zero-order chi connectivity index (χ0) is 15.6. The van der Waals surface area contributed by atoms with Crippen molar-refractivity contribution >= 4 is 23.2 Å². The molecule has 0 fully saturated rings. The molecule has 8 heteroatoms. The molecule has 0 amide bonds. The molecule has 1 unspecified atom stereocenters. The molecule has 8 nitrogen and oxygen atoms in total. The van der Waals surface area contributed by atoms with E-state index < -0.39 is 28.7 Å². The average Bonchev–Trinajstić information content (AvgIpc) is 2.75. The fraction of sp³-hybridized carbons (Fsp3) is 0.231. The molecule has 2 rings (SSSR count). The van der Waals surface area contributed by atoms with Gasteiger partial charge in [0.15, 0.2) is 0 Å². The second-order valence-electron chi connectivity index (χ2n) is 4.10. The Morgan fingerprint density at radius 1 is 1.43 bits per heavy atom. The maximum atomic E-state index is 11.7. The maximum absolute atomic E-state index is 11.7. The van der Waals surface area contributed by atoms with Gasteiger partial charge in [0.2, 0.25) is 11.9 Å². The lowest BCUT2D eigenvalue weighted by Crippen LogP contribution is -2.25. The summed E-state index contributed by atoms with van der Waals surface area (Å²) in [6.45, 7) is 1.67. The molecule has 0 saturated carbocycles. The van der Waals surface area contributed by atoms with Crippen LogP contribution < -0.4 is 0 Å². The number of cyclic esters (lactones) is 1. The van der Waals surface area contributed by atoms with Gasteiger partial charge < -0.3 is 14.6 Å². The van der Waals surface area contributed by atoms with Crippen molar-refractivity contribution in [2.75, 3.05) is 6.61 Å². The largest absolute Gasteiger partial charge is 0.502 e. The molecule has 1 aliphatic rings. The number of nitro groups is 1. The van der Waals surface area contributed by atoms with Crippen LogP contribution in [0.15, 0.2) is 30.0 Å². The number of non-ortho nitro benzene ring substituents is 1. The molecule has 1 aliphatic heterocycles. The van der Waals surface area contributed by atoms with E-state index in [-0.39, 0.29) is 23.4 Å². The van der Waals surface area contributed by atoms with Crippen LogP contribution in [0, 0.1) is 10.1 Å². The van der Waals surface area contributed by atoms with Crippen LogP contribution in [-0.4, -0.2) is 34.7 Å². The Hall–Kier alpha value is -2.90. The third-order valence-corrected chi connectivity index (χ3v) is 2.83. The van der Waals surface area contributed by atoms with E-state index in [0.717, 1.165) is 0 Å². The van der Waals surface area contributed by atoms with Crippen molar-refractivity contribution in [1.82, 2.24) is 0 Å². The number of esters is 2. The summed E-state index contributed by atoms with van der Waals surface area (Å²) in [7, 11) is 0. The first kappa shape index (κ1) is 14.5. The molecule has 1 aromatic carbocycles. The van der Waals surface area contributed by atoms with Crippen LogP contribution in [-0.2, 0) is 19.1 Å². The van der Waals surface area contributed by atoms with E-state index in [1.54, 1.807) is 6.92 Å². The summed E-state index contributed by atoms with van der Waals surface area (Å²) in [5, 5.41) is 20.3. The Morgan fingerprint density at radius 3 is 2.57 bits per heavy atom. The third-order valence-electron chi connectivity index (χ3n) is 2.83. The Bertz CT molecular complexity index is 632. The minimum atomic E-state index is -1.38. The van der Waals surface area contributed by atoms with Gasteiger partial charge in [0.05, 0.1) is 17.1 Å². The van der Waals surface area contributed by atoms with Crippen molar-refractivity contribution in [3.63, 3.8) is 0 Å². The lowest BCUT2D eigenvalue weighted by molar-refractivity contribution is -0.384. The molecule has 21 heavy (non-hydrogen) atoms. The van der Waals surface area contributed by atoms with Gasteiger partial charge in [0, 0.05) is 12.1 Å². The van der Waals surface area contributed by atoms with Crippen LogP contribution in [0.1, 0.15) is 12.5 Å². The highest BCUT2D eigenvalue weighted by Gasteiger charge is 2.40. The summed E-state index contributed by atoms with van der Waals surface area (Å²) in [6, 6.07) is 5.02. The molecular weight excluding hydrogens is 282 g/mol. The van der Waals surface area contributed by atoms with Gasteiger partial charge in [-0.3, -0.25) is 10.1 Å². The normalized spacial score (nSPS) is 17.6. The highest BCUT2D eigenvalue weighted by atomic mass is 16.6. The number of rotatable bonds is 4. The van der Waals surface area contributed by atoms with Crippen LogP contribution in [0.2, 0.25) is 0 Å². The number of hydrogen-bond donors (Lipinski definition) is 1. The third kappa shape index (κ3) is 2.69. The highest BCUT2D eigenvalue weighted by molar-refractivity contribution is 6.07. The Morgan fingerprint density at radius 2 is 2.05 bits per heavy atom. The van der Waals surface area contributed by atoms with Crippen molar-refractivity contribution in [2.24, 2.45) is 0 Å².